The van der Waals surface area contributed by atoms with Crippen LogP contribution in [-0.2, 0) is 12.6 Å². The van der Waals surface area contributed by atoms with Gasteiger partial charge in [0.05, 0.1) is 35.6 Å². The standard InChI is InChI=1S/C8H6F3N3/c9-8(10,11)6-3-5(1-2-12)14-4-7(6)13/h3-4H,1,13H2. The van der Waals surface area contributed by atoms with Gasteiger partial charge in [-0.1, -0.05) is 0 Å². The van der Waals surface area contributed by atoms with Crippen molar-refractivity contribution >= 4 is 5.69 Å². The summed E-state index contributed by atoms with van der Waals surface area (Å²) in [6, 6.07) is 2.50. The Balaban J connectivity index is 3.17. The number of rotatable bonds is 1. The van der Waals surface area contributed by atoms with E-state index in [1.807, 2.05) is 0 Å². The number of aromatic nitrogens is 1. The topological polar surface area (TPSA) is 62.7 Å². The average Bonchev–Trinajstić information content (AvgIpc) is 2.07. The Labute approximate surface area is 78.0 Å². The van der Waals surface area contributed by atoms with E-state index in [0.29, 0.717) is 0 Å². The molecule has 0 radical (unpaired) electrons. The molecule has 1 aromatic heterocycles. The summed E-state index contributed by atoms with van der Waals surface area (Å²) in [6.07, 6.45) is -3.75. The molecular weight excluding hydrogens is 195 g/mol. The molecule has 6 heteroatoms. The molecule has 0 aliphatic heterocycles. The molecule has 14 heavy (non-hydrogen) atoms. The van der Waals surface area contributed by atoms with Gasteiger partial charge in [-0.15, -0.1) is 0 Å². The Kier molecular flexibility index (Phi) is 2.60. The Morgan fingerprint density at radius 1 is 1.50 bits per heavy atom. The number of alkyl halides is 3. The van der Waals surface area contributed by atoms with Crippen molar-refractivity contribution in [3.8, 4) is 6.07 Å². The normalized spacial score (nSPS) is 11.0. The van der Waals surface area contributed by atoms with Gasteiger partial charge in [-0.05, 0) is 6.07 Å². The fourth-order valence-corrected chi connectivity index (χ4v) is 0.932. The van der Waals surface area contributed by atoms with E-state index >= 15 is 0 Å². The van der Waals surface area contributed by atoms with Crippen molar-refractivity contribution in [2.75, 3.05) is 5.73 Å². The number of nitrogens with zero attached hydrogens (tertiary/aromatic N) is 2. The van der Waals surface area contributed by atoms with Crippen LogP contribution >= 0.6 is 0 Å². The third-order valence-corrected chi connectivity index (χ3v) is 1.56. The van der Waals surface area contributed by atoms with Crippen LogP contribution in [0, 0.1) is 11.3 Å². The van der Waals surface area contributed by atoms with Gasteiger partial charge >= 0.3 is 6.18 Å². The minimum absolute atomic E-state index is 0.0639. The molecule has 0 aliphatic carbocycles. The van der Waals surface area contributed by atoms with Crippen LogP contribution in [0.25, 0.3) is 0 Å². The summed E-state index contributed by atoms with van der Waals surface area (Å²) in [4.78, 5) is 3.59. The van der Waals surface area contributed by atoms with Crippen molar-refractivity contribution in [2.45, 2.75) is 12.6 Å². The highest BCUT2D eigenvalue weighted by Crippen LogP contribution is 2.33. The first-order chi connectivity index (χ1) is 6.45. The predicted octanol–water partition coefficient (Wildman–Crippen LogP) is 1.75. The predicted molar refractivity (Wildman–Crippen MR) is 43.0 cm³/mol. The van der Waals surface area contributed by atoms with E-state index in [1.165, 1.54) is 0 Å². The molecule has 0 saturated carbocycles. The Morgan fingerprint density at radius 2 is 2.14 bits per heavy atom. The zero-order valence-corrected chi connectivity index (χ0v) is 6.97. The number of nitrogens with two attached hydrogens (primary N) is 1. The minimum atomic E-state index is -4.50. The van der Waals surface area contributed by atoms with Crippen molar-refractivity contribution in [3.05, 3.63) is 23.5 Å². The van der Waals surface area contributed by atoms with Gasteiger partial charge in [-0.2, -0.15) is 18.4 Å². The van der Waals surface area contributed by atoms with Crippen LogP contribution in [0.3, 0.4) is 0 Å². The fourth-order valence-electron chi connectivity index (χ4n) is 0.932. The second-order valence-electron chi connectivity index (χ2n) is 2.60. The molecule has 0 bridgehead atoms. The highest BCUT2D eigenvalue weighted by molar-refractivity contribution is 5.47. The highest BCUT2D eigenvalue weighted by Gasteiger charge is 2.33. The number of pyridine rings is 1. The van der Waals surface area contributed by atoms with E-state index < -0.39 is 17.4 Å². The molecular formula is C8H6F3N3. The maximum absolute atomic E-state index is 12.3. The second-order valence-corrected chi connectivity index (χ2v) is 2.60. The summed E-state index contributed by atoms with van der Waals surface area (Å²) < 4.78 is 36.8. The molecule has 0 fully saturated rings. The lowest BCUT2D eigenvalue weighted by Crippen LogP contribution is -2.10. The first-order valence-corrected chi connectivity index (χ1v) is 3.63. The van der Waals surface area contributed by atoms with Crippen molar-refractivity contribution in [1.29, 1.82) is 5.26 Å². The molecule has 0 spiro atoms. The van der Waals surface area contributed by atoms with Crippen molar-refractivity contribution < 1.29 is 13.2 Å². The van der Waals surface area contributed by atoms with E-state index in [2.05, 4.69) is 4.98 Å². The SMILES string of the molecule is N#CCc1cc(C(F)(F)F)c(N)cn1. The smallest absolute Gasteiger partial charge is 0.397 e. The molecule has 0 aromatic carbocycles. The van der Waals surface area contributed by atoms with Crippen LogP contribution in [0.5, 0.6) is 0 Å². The maximum atomic E-state index is 12.3. The minimum Gasteiger partial charge on any atom is -0.397 e. The summed E-state index contributed by atoms with van der Waals surface area (Å²) >= 11 is 0. The molecule has 1 aromatic rings. The van der Waals surface area contributed by atoms with E-state index in [0.717, 1.165) is 12.3 Å². The number of hydrogen-bond donors (Lipinski definition) is 1. The van der Waals surface area contributed by atoms with Crippen LogP contribution in [0.4, 0.5) is 18.9 Å². The molecule has 1 rings (SSSR count). The van der Waals surface area contributed by atoms with Gasteiger partial charge < -0.3 is 5.73 Å². The van der Waals surface area contributed by atoms with Crippen molar-refractivity contribution in [2.24, 2.45) is 0 Å². The largest absolute Gasteiger partial charge is 0.418 e. The highest BCUT2D eigenvalue weighted by atomic mass is 19.4. The quantitative estimate of drug-likeness (QED) is 0.752. The van der Waals surface area contributed by atoms with Gasteiger partial charge in [0.1, 0.15) is 0 Å². The summed E-state index contributed by atoms with van der Waals surface area (Å²) in [6.45, 7) is 0. The van der Waals surface area contributed by atoms with Crippen LogP contribution in [0.1, 0.15) is 11.3 Å². The van der Waals surface area contributed by atoms with Crippen LogP contribution < -0.4 is 5.73 Å². The number of nitriles is 1. The fraction of sp³-hybridized carbons (Fsp3) is 0.250. The van der Waals surface area contributed by atoms with Gasteiger partial charge in [-0.25, -0.2) is 0 Å². The van der Waals surface area contributed by atoms with Gasteiger partial charge in [0.2, 0.25) is 0 Å². The Bertz CT molecular complexity index is 378. The third-order valence-electron chi connectivity index (χ3n) is 1.56. The zero-order chi connectivity index (χ0) is 10.8. The van der Waals surface area contributed by atoms with Crippen LogP contribution in [-0.4, -0.2) is 4.98 Å². The van der Waals surface area contributed by atoms with E-state index in [1.54, 1.807) is 6.07 Å². The van der Waals surface area contributed by atoms with Crippen molar-refractivity contribution in [3.63, 3.8) is 0 Å². The second kappa shape index (κ2) is 3.54. The number of hydrogen-bond acceptors (Lipinski definition) is 3. The van der Waals surface area contributed by atoms with Gasteiger partial charge in [0.15, 0.2) is 0 Å². The summed E-state index contributed by atoms with van der Waals surface area (Å²) in [5.74, 6) is 0. The lowest BCUT2D eigenvalue weighted by Gasteiger charge is -2.09. The van der Waals surface area contributed by atoms with Crippen molar-refractivity contribution in [1.82, 2.24) is 4.98 Å². The lowest BCUT2D eigenvalue weighted by atomic mass is 10.1. The average molecular weight is 201 g/mol. The molecule has 1 heterocycles. The van der Waals surface area contributed by atoms with E-state index in [-0.39, 0.29) is 12.1 Å². The molecule has 2 N–H and O–H groups in total. The van der Waals surface area contributed by atoms with Gasteiger partial charge in [-0.3, -0.25) is 4.98 Å². The monoisotopic (exact) mass is 201 g/mol. The van der Waals surface area contributed by atoms with Crippen LogP contribution in [0.2, 0.25) is 0 Å². The van der Waals surface area contributed by atoms with E-state index in [4.69, 9.17) is 11.0 Å². The van der Waals surface area contributed by atoms with E-state index in [9.17, 15) is 13.2 Å². The molecule has 0 unspecified atom stereocenters. The zero-order valence-electron chi connectivity index (χ0n) is 6.97. The number of anilines is 1. The summed E-state index contributed by atoms with van der Waals surface area (Å²) in [5, 5.41) is 8.28. The first-order valence-electron chi connectivity index (χ1n) is 3.63. The molecule has 0 amide bonds. The first kappa shape index (κ1) is 10.3. The van der Waals surface area contributed by atoms with Gasteiger partial charge in [0, 0.05) is 0 Å². The number of halogens is 3. The Hall–Kier alpha value is -1.77. The molecule has 3 nitrogen and oxygen atoms in total. The molecule has 0 aliphatic rings. The van der Waals surface area contributed by atoms with Crippen LogP contribution in [0.15, 0.2) is 12.3 Å². The molecule has 74 valence electrons. The Morgan fingerprint density at radius 3 is 2.64 bits per heavy atom. The number of nitrogen functional groups attached to an aromatic ring is 1. The summed E-state index contributed by atoms with van der Waals surface area (Å²) in [5.41, 5.74) is 3.79. The molecule has 0 atom stereocenters. The maximum Gasteiger partial charge on any atom is 0.418 e. The summed E-state index contributed by atoms with van der Waals surface area (Å²) in [7, 11) is 0. The molecule has 0 saturated heterocycles. The third kappa shape index (κ3) is 2.13. The van der Waals surface area contributed by atoms with Gasteiger partial charge in [0.25, 0.3) is 0 Å². The lowest BCUT2D eigenvalue weighted by molar-refractivity contribution is -0.137.